The zero-order chi connectivity index (χ0) is 21.6. The van der Waals surface area contributed by atoms with Gasteiger partial charge in [-0.3, -0.25) is 4.79 Å². The van der Waals surface area contributed by atoms with Gasteiger partial charge in [0.2, 0.25) is 0 Å². The highest BCUT2D eigenvalue weighted by Crippen LogP contribution is 2.34. The minimum atomic E-state index is -0.105. The quantitative estimate of drug-likeness (QED) is 0.282. The van der Waals surface area contributed by atoms with Crippen LogP contribution >= 0.6 is 23.4 Å². The molecule has 6 heteroatoms. The largest absolute Gasteiger partial charge is 0.351 e. The summed E-state index contributed by atoms with van der Waals surface area (Å²) >= 11 is 7.51. The number of hydrogen-bond donors (Lipinski definition) is 1. The van der Waals surface area contributed by atoms with Gasteiger partial charge >= 0.3 is 0 Å². The molecule has 1 heterocycles. The van der Waals surface area contributed by atoms with Crippen LogP contribution in [0.5, 0.6) is 0 Å². The van der Waals surface area contributed by atoms with E-state index in [1.165, 1.54) is 0 Å². The maximum Gasteiger partial charge on any atom is 0.251 e. The molecule has 4 nitrogen and oxygen atoms in total. The second-order valence-corrected chi connectivity index (χ2v) is 8.49. The molecule has 4 aromatic rings. The topological polar surface area (TPSA) is 46.9 Å². The number of thioether (sulfide) groups is 1. The van der Waals surface area contributed by atoms with Crippen molar-refractivity contribution in [2.75, 3.05) is 12.3 Å². The Kier molecular flexibility index (Phi) is 6.75. The molecule has 0 fully saturated rings. The molecule has 0 aliphatic rings. The average molecular weight is 448 g/mol. The molecule has 0 saturated heterocycles. The third-order valence-corrected chi connectivity index (χ3v) is 6.16. The molecule has 1 N–H and O–H groups in total. The normalized spacial score (nSPS) is 10.8. The van der Waals surface area contributed by atoms with E-state index < -0.39 is 0 Å². The SMILES string of the molecule is Cn1c(SCCNC(=O)c2ccc(Cl)cc2)nc(-c2ccccc2)c1-c1ccccc1. The van der Waals surface area contributed by atoms with Crippen molar-refractivity contribution < 1.29 is 4.79 Å². The van der Waals surface area contributed by atoms with Gasteiger partial charge in [0.05, 0.1) is 11.4 Å². The molecule has 3 aromatic carbocycles. The number of imidazole rings is 1. The van der Waals surface area contributed by atoms with Crippen molar-refractivity contribution in [1.82, 2.24) is 14.9 Å². The lowest BCUT2D eigenvalue weighted by atomic mass is 10.1. The van der Waals surface area contributed by atoms with Crippen LogP contribution in [0.3, 0.4) is 0 Å². The first-order valence-corrected chi connectivity index (χ1v) is 11.3. The van der Waals surface area contributed by atoms with Crippen LogP contribution in [0.2, 0.25) is 5.02 Å². The van der Waals surface area contributed by atoms with E-state index in [-0.39, 0.29) is 5.91 Å². The molecule has 1 amide bonds. The molecule has 0 aliphatic heterocycles. The number of benzene rings is 3. The van der Waals surface area contributed by atoms with Crippen molar-refractivity contribution in [2.24, 2.45) is 7.05 Å². The molecule has 1 aromatic heterocycles. The number of halogens is 1. The smallest absolute Gasteiger partial charge is 0.251 e. The van der Waals surface area contributed by atoms with Crippen LogP contribution in [0.4, 0.5) is 0 Å². The van der Waals surface area contributed by atoms with E-state index in [4.69, 9.17) is 16.6 Å². The molecule has 0 spiro atoms. The van der Waals surface area contributed by atoms with E-state index in [9.17, 15) is 4.79 Å². The molecule has 0 bridgehead atoms. The fraction of sp³-hybridized carbons (Fsp3) is 0.120. The number of aromatic nitrogens is 2. The summed E-state index contributed by atoms with van der Waals surface area (Å²) < 4.78 is 2.13. The lowest BCUT2D eigenvalue weighted by Crippen LogP contribution is -2.25. The highest BCUT2D eigenvalue weighted by Gasteiger charge is 2.18. The van der Waals surface area contributed by atoms with Crippen molar-refractivity contribution in [3.8, 4) is 22.5 Å². The monoisotopic (exact) mass is 447 g/mol. The summed E-state index contributed by atoms with van der Waals surface area (Å²) in [7, 11) is 2.04. The summed E-state index contributed by atoms with van der Waals surface area (Å²) in [6.07, 6.45) is 0. The minimum Gasteiger partial charge on any atom is -0.351 e. The lowest BCUT2D eigenvalue weighted by Gasteiger charge is -2.08. The van der Waals surface area contributed by atoms with Gasteiger partial charge < -0.3 is 9.88 Å². The molecule has 31 heavy (non-hydrogen) atoms. The molecule has 0 atom stereocenters. The van der Waals surface area contributed by atoms with Crippen LogP contribution in [0.15, 0.2) is 90.1 Å². The predicted molar refractivity (Wildman–Crippen MR) is 129 cm³/mol. The number of carbonyl (C=O) groups excluding carboxylic acids is 1. The molecule has 0 unspecified atom stereocenters. The van der Waals surface area contributed by atoms with Crippen LogP contribution in [0.1, 0.15) is 10.4 Å². The van der Waals surface area contributed by atoms with Crippen molar-refractivity contribution in [2.45, 2.75) is 5.16 Å². The van der Waals surface area contributed by atoms with Crippen LogP contribution < -0.4 is 5.32 Å². The highest BCUT2D eigenvalue weighted by atomic mass is 35.5. The van der Waals surface area contributed by atoms with Gasteiger partial charge in [0.15, 0.2) is 5.16 Å². The van der Waals surface area contributed by atoms with E-state index >= 15 is 0 Å². The summed E-state index contributed by atoms with van der Waals surface area (Å²) in [6.45, 7) is 0.542. The summed E-state index contributed by atoms with van der Waals surface area (Å²) in [6, 6.07) is 27.4. The summed E-state index contributed by atoms with van der Waals surface area (Å²) in [5.74, 6) is 0.610. The standard InChI is InChI=1S/C25H22ClN3OS/c1-29-23(19-10-6-3-7-11-19)22(18-8-4-2-5-9-18)28-25(29)31-17-16-27-24(30)20-12-14-21(26)15-13-20/h2-15H,16-17H2,1H3,(H,27,30). The maximum atomic E-state index is 12.3. The number of rotatable bonds is 7. The van der Waals surface area contributed by atoms with Crippen molar-refractivity contribution in [3.05, 3.63) is 95.5 Å². The molecular weight excluding hydrogens is 426 g/mol. The molecule has 156 valence electrons. The van der Waals surface area contributed by atoms with Crippen LogP contribution in [-0.4, -0.2) is 27.8 Å². The lowest BCUT2D eigenvalue weighted by molar-refractivity contribution is 0.0956. The highest BCUT2D eigenvalue weighted by molar-refractivity contribution is 7.99. The number of nitrogens with one attached hydrogen (secondary N) is 1. The van der Waals surface area contributed by atoms with E-state index in [1.807, 2.05) is 43.4 Å². The fourth-order valence-corrected chi connectivity index (χ4v) is 4.29. The van der Waals surface area contributed by atoms with Crippen molar-refractivity contribution >= 4 is 29.3 Å². The van der Waals surface area contributed by atoms with E-state index in [0.29, 0.717) is 22.9 Å². The first kappa shape index (κ1) is 21.2. The zero-order valence-corrected chi connectivity index (χ0v) is 18.7. The Morgan fingerprint density at radius 1 is 0.935 bits per heavy atom. The first-order valence-electron chi connectivity index (χ1n) is 9.97. The van der Waals surface area contributed by atoms with Crippen LogP contribution in [0, 0.1) is 0 Å². The Labute approximate surface area is 191 Å². The molecule has 0 radical (unpaired) electrons. The minimum absolute atomic E-state index is 0.105. The molecule has 0 saturated carbocycles. The number of amides is 1. The molecule has 4 rings (SSSR count). The third kappa shape index (κ3) is 5.01. The second kappa shape index (κ2) is 9.86. The maximum absolute atomic E-state index is 12.3. The third-order valence-electron chi connectivity index (χ3n) is 4.87. The van der Waals surface area contributed by atoms with E-state index in [0.717, 1.165) is 27.7 Å². The summed E-state index contributed by atoms with van der Waals surface area (Å²) in [5, 5.41) is 4.48. The van der Waals surface area contributed by atoms with Gasteiger partial charge in [-0.15, -0.1) is 0 Å². The van der Waals surface area contributed by atoms with Gasteiger partial charge in [-0.2, -0.15) is 0 Å². The van der Waals surface area contributed by atoms with Gasteiger partial charge in [-0.05, 0) is 24.3 Å². The van der Waals surface area contributed by atoms with Crippen LogP contribution in [0.25, 0.3) is 22.5 Å². The van der Waals surface area contributed by atoms with Gasteiger partial charge in [0.1, 0.15) is 0 Å². The Morgan fingerprint density at radius 2 is 1.55 bits per heavy atom. The van der Waals surface area contributed by atoms with E-state index in [2.05, 4.69) is 34.1 Å². The van der Waals surface area contributed by atoms with Gasteiger partial charge in [0, 0.05) is 41.1 Å². The van der Waals surface area contributed by atoms with Gasteiger partial charge in [0.25, 0.3) is 5.91 Å². The first-order chi connectivity index (χ1) is 15.1. The van der Waals surface area contributed by atoms with Crippen molar-refractivity contribution in [1.29, 1.82) is 0 Å². The Balaban J connectivity index is 1.49. The predicted octanol–water partition coefficient (Wildman–Crippen LogP) is 5.93. The van der Waals surface area contributed by atoms with Gasteiger partial charge in [-0.25, -0.2) is 4.98 Å². The fourth-order valence-electron chi connectivity index (χ4n) is 3.34. The Morgan fingerprint density at radius 3 is 2.19 bits per heavy atom. The Bertz CT molecular complexity index is 1160. The van der Waals surface area contributed by atoms with Crippen molar-refractivity contribution in [3.63, 3.8) is 0 Å². The van der Waals surface area contributed by atoms with Gasteiger partial charge in [-0.1, -0.05) is 84.0 Å². The second-order valence-electron chi connectivity index (χ2n) is 6.99. The zero-order valence-electron chi connectivity index (χ0n) is 17.1. The molecular formula is C25H22ClN3OS. The number of carbonyl (C=O) groups is 1. The molecule has 0 aliphatic carbocycles. The average Bonchev–Trinajstić information content (AvgIpc) is 3.14. The van der Waals surface area contributed by atoms with E-state index in [1.54, 1.807) is 36.0 Å². The Hall–Kier alpha value is -3.02. The summed E-state index contributed by atoms with van der Waals surface area (Å²) in [4.78, 5) is 17.2. The number of hydrogen-bond acceptors (Lipinski definition) is 3. The number of nitrogens with zero attached hydrogens (tertiary/aromatic N) is 2. The van der Waals surface area contributed by atoms with Crippen LogP contribution in [-0.2, 0) is 7.05 Å². The summed E-state index contributed by atoms with van der Waals surface area (Å²) in [5.41, 5.74) is 4.85.